The number of nitrogens with zero attached hydrogens (tertiary/aromatic N) is 1. The molecule has 63 heavy (non-hydrogen) atoms. The van der Waals surface area contributed by atoms with Gasteiger partial charge in [-0.25, -0.2) is 0 Å². The van der Waals surface area contributed by atoms with E-state index < -0.39 is 0 Å². The predicted molar refractivity (Wildman–Crippen MR) is 274 cm³/mol. The van der Waals surface area contributed by atoms with Gasteiger partial charge in [-0.3, -0.25) is 0 Å². The van der Waals surface area contributed by atoms with Crippen molar-refractivity contribution in [3.63, 3.8) is 0 Å². The van der Waals surface area contributed by atoms with Crippen molar-refractivity contribution >= 4 is 91.7 Å². The van der Waals surface area contributed by atoms with Gasteiger partial charge in [0.2, 0.25) is 0 Å². The Morgan fingerprint density at radius 1 is 0.492 bits per heavy atom. The molecule has 0 N–H and O–H groups in total. The molecule has 0 bridgehead atoms. The maximum absolute atomic E-state index is 2.51. The first-order valence-electron chi connectivity index (χ1n) is 21.8. The highest BCUT2D eigenvalue weighted by Crippen LogP contribution is 2.50. The van der Waals surface area contributed by atoms with Gasteiger partial charge in [-0.15, -0.1) is 22.7 Å². The van der Waals surface area contributed by atoms with Gasteiger partial charge in [0.25, 0.3) is 0 Å². The molecule has 12 rings (SSSR count). The fourth-order valence-electron chi connectivity index (χ4n) is 10.0. The van der Waals surface area contributed by atoms with Gasteiger partial charge in [-0.05, 0) is 141 Å². The molecule has 1 aliphatic rings. The van der Waals surface area contributed by atoms with Gasteiger partial charge in [0.05, 0.1) is 5.69 Å². The van der Waals surface area contributed by atoms with E-state index in [4.69, 9.17) is 0 Å². The number of para-hydroxylation sites is 2. The highest BCUT2D eigenvalue weighted by molar-refractivity contribution is 7.26. The summed E-state index contributed by atoms with van der Waals surface area (Å²) in [5, 5.41) is 5.21. The molecule has 2 aromatic heterocycles. The summed E-state index contributed by atoms with van der Waals surface area (Å²) in [6.45, 7) is 4.77. The van der Waals surface area contributed by atoms with Gasteiger partial charge < -0.3 is 4.90 Å². The lowest BCUT2D eigenvalue weighted by molar-refractivity contribution is 0.660. The number of allylic oxidation sites excluding steroid dienone is 1. The van der Waals surface area contributed by atoms with Crippen LogP contribution in [0.15, 0.2) is 206 Å². The zero-order chi connectivity index (χ0) is 42.1. The molecule has 11 aromatic rings. The number of hydrogen-bond acceptors (Lipinski definition) is 3. The largest absolute Gasteiger partial charge is 0.310 e. The van der Waals surface area contributed by atoms with E-state index in [1.54, 1.807) is 0 Å². The fourth-order valence-corrected chi connectivity index (χ4v) is 12.3. The SMILES string of the molecule is CC1(C)c2ccccc2-c2ccc(/C(=C\c3cc(-c4ccccc4)cc4c3sc3ccccc34)Cc3ccc4sc5cccc(N(c6ccccc6)c6ccccc6)c5c4c3)cc21. The summed E-state index contributed by atoms with van der Waals surface area (Å²) in [7, 11) is 0. The lowest BCUT2D eigenvalue weighted by atomic mass is 9.81. The van der Waals surface area contributed by atoms with Crippen LogP contribution in [0.25, 0.3) is 74.2 Å². The van der Waals surface area contributed by atoms with E-state index in [1.165, 1.54) is 102 Å². The lowest BCUT2D eigenvalue weighted by Crippen LogP contribution is -2.15. The second kappa shape index (κ2) is 15.1. The molecule has 0 atom stereocenters. The second-order valence-corrected chi connectivity index (χ2v) is 19.4. The quantitative estimate of drug-likeness (QED) is 0.138. The molecule has 0 unspecified atom stereocenters. The Morgan fingerprint density at radius 2 is 1.16 bits per heavy atom. The van der Waals surface area contributed by atoms with Gasteiger partial charge in [0, 0.05) is 57.1 Å². The van der Waals surface area contributed by atoms with Gasteiger partial charge in [0.1, 0.15) is 0 Å². The summed E-state index contributed by atoms with van der Waals surface area (Å²) in [6.07, 6.45) is 3.29. The summed E-state index contributed by atoms with van der Waals surface area (Å²) in [6, 6.07) is 76.3. The van der Waals surface area contributed by atoms with Crippen LogP contribution in [-0.4, -0.2) is 0 Å². The molecule has 2 heterocycles. The van der Waals surface area contributed by atoms with Gasteiger partial charge in [-0.2, -0.15) is 0 Å². The molecule has 0 aliphatic heterocycles. The molecule has 0 spiro atoms. The van der Waals surface area contributed by atoms with E-state index >= 15 is 0 Å². The van der Waals surface area contributed by atoms with E-state index in [0.717, 1.165) is 17.8 Å². The zero-order valence-corrected chi connectivity index (χ0v) is 36.8. The Labute approximate surface area is 376 Å². The Balaban J connectivity index is 1.06. The molecule has 0 fully saturated rings. The molecule has 0 amide bonds. The molecule has 9 aromatic carbocycles. The maximum Gasteiger partial charge on any atom is 0.0554 e. The smallest absolute Gasteiger partial charge is 0.0554 e. The molecule has 1 aliphatic carbocycles. The minimum absolute atomic E-state index is 0.104. The van der Waals surface area contributed by atoms with E-state index in [-0.39, 0.29) is 5.41 Å². The average molecular weight is 842 g/mol. The summed E-state index contributed by atoms with van der Waals surface area (Å²) in [4.78, 5) is 2.41. The highest BCUT2D eigenvalue weighted by atomic mass is 32.1. The third kappa shape index (κ3) is 6.42. The van der Waals surface area contributed by atoms with Crippen LogP contribution in [0.2, 0.25) is 0 Å². The van der Waals surface area contributed by atoms with Crippen LogP contribution >= 0.6 is 22.7 Å². The van der Waals surface area contributed by atoms with E-state index in [1.807, 2.05) is 22.7 Å². The minimum atomic E-state index is -0.104. The van der Waals surface area contributed by atoms with Crippen LogP contribution in [0.3, 0.4) is 0 Å². The van der Waals surface area contributed by atoms with Crippen molar-refractivity contribution in [2.45, 2.75) is 25.7 Å². The third-order valence-electron chi connectivity index (χ3n) is 13.1. The van der Waals surface area contributed by atoms with Crippen molar-refractivity contribution in [3.05, 3.63) is 234 Å². The Bertz CT molecular complexity index is 3520. The first-order chi connectivity index (χ1) is 31.0. The molecular formula is C60H43NS2. The van der Waals surface area contributed by atoms with Crippen molar-refractivity contribution in [2.75, 3.05) is 4.90 Å². The Kier molecular flexibility index (Phi) is 9.03. The summed E-state index contributed by atoms with van der Waals surface area (Å²) >= 11 is 3.78. The van der Waals surface area contributed by atoms with Crippen molar-refractivity contribution < 1.29 is 0 Å². The van der Waals surface area contributed by atoms with Gasteiger partial charge >= 0.3 is 0 Å². The number of hydrogen-bond donors (Lipinski definition) is 0. The topological polar surface area (TPSA) is 3.24 Å². The molecule has 0 saturated heterocycles. The normalized spacial score (nSPS) is 13.2. The molecule has 0 saturated carbocycles. The minimum Gasteiger partial charge on any atom is -0.310 e. The van der Waals surface area contributed by atoms with E-state index in [2.05, 4.69) is 231 Å². The summed E-state index contributed by atoms with van der Waals surface area (Å²) < 4.78 is 5.23. The van der Waals surface area contributed by atoms with Crippen LogP contribution in [0.5, 0.6) is 0 Å². The number of rotatable bonds is 8. The summed E-state index contributed by atoms with van der Waals surface area (Å²) in [5.74, 6) is 0. The van der Waals surface area contributed by atoms with Crippen molar-refractivity contribution in [1.29, 1.82) is 0 Å². The standard InChI is InChI=1S/C60H43NS2/c1-60(2)52-25-14-12-23-47(52)48-31-30-41(38-53(48)60)42(35-44-36-43(40-17-6-3-7-18-40)37-50-49-24-13-15-27-55(49)63-59(44)50)33-39-29-32-56-51(34-39)58-54(26-16-28-57(58)62-56)61(45-19-8-4-9-20-45)46-21-10-5-11-22-46/h3-32,34-38H,33H2,1-2H3/b42-35-. The third-order valence-corrected chi connectivity index (χ3v) is 15.5. The zero-order valence-electron chi connectivity index (χ0n) is 35.2. The lowest BCUT2D eigenvalue weighted by Gasteiger charge is -2.26. The molecule has 3 heteroatoms. The van der Waals surface area contributed by atoms with Crippen LogP contribution in [-0.2, 0) is 11.8 Å². The molecular weight excluding hydrogens is 799 g/mol. The van der Waals surface area contributed by atoms with Crippen molar-refractivity contribution in [2.24, 2.45) is 0 Å². The first-order valence-corrected chi connectivity index (χ1v) is 23.4. The molecule has 0 radical (unpaired) electrons. The van der Waals surface area contributed by atoms with Gasteiger partial charge in [0.15, 0.2) is 0 Å². The van der Waals surface area contributed by atoms with E-state index in [9.17, 15) is 0 Å². The Hall–Kier alpha value is -7.04. The average Bonchev–Trinajstić information content (AvgIpc) is 3.97. The van der Waals surface area contributed by atoms with Crippen LogP contribution in [0.4, 0.5) is 17.1 Å². The summed E-state index contributed by atoms with van der Waals surface area (Å²) in [5.41, 5.74) is 16.5. The monoisotopic (exact) mass is 841 g/mol. The van der Waals surface area contributed by atoms with Crippen molar-refractivity contribution in [1.82, 2.24) is 0 Å². The highest BCUT2D eigenvalue weighted by Gasteiger charge is 2.35. The second-order valence-electron chi connectivity index (χ2n) is 17.3. The van der Waals surface area contributed by atoms with Gasteiger partial charge in [-0.1, -0.05) is 147 Å². The van der Waals surface area contributed by atoms with Crippen LogP contribution < -0.4 is 4.90 Å². The van der Waals surface area contributed by atoms with Crippen LogP contribution in [0, 0.1) is 0 Å². The maximum atomic E-state index is 2.51. The number of thiophene rings is 2. The molecule has 1 nitrogen and oxygen atoms in total. The Morgan fingerprint density at radius 3 is 1.95 bits per heavy atom. The fraction of sp³-hybridized carbons (Fsp3) is 0.0667. The number of fused-ring (bicyclic) bond motifs is 9. The van der Waals surface area contributed by atoms with Crippen LogP contribution in [0.1, 0.15) is 41.7 Å². The van der Waals surface area contributed by atoms with E-state index in [0.29, 0.717) is 0 Å². The molecule has 300 valence electrons. The van der Waals surface area contributed by atoms with Crippen molar-refractivity contribution in [3.8, 4) is 22.3 Å². The first kappa shape index (κ1) is 37.7. The number of anilines is 3. The number of benzene rings is 9. The predicted octanol–water partition coefficient (Wildman–Crippen LogP) is 17.6.